The van der Waals surface area contributed by atoms with Crippen LogP contribution < -0.4 is 10.2 Å². The standard InChI is InChI=1S/C23H29N3O2/c1-15-13-19(8-10-21(15)25(4)5)24-23(27)18-7-9-22-20(14-18)16(2)17(3)26(22)11-12-28-6/h7-10,13-14H,11-12H2,1-6H3,(H,24,27). The van der Waals surface area contributed by atoms with Crippen LogP contribution in [0.15, 0.2) is 36.4 Å². The van der Waals surface area contributed by atoms with Gasteiger partial charge < -0.3 is 19.5 Å². The number of rotatable bonds is 6. The molecule has 0 bridgehead atoms. The van der Waals surface area contributed by atoms with Crippen LogP contribution in [0.4, 0.5) is 11.4 Å². The van der Waals surface area contributed by atoms with Crippen molar-refractivity contribution in [3.05, 3.63) is 58.8 Å². The Labute approximate surface area is 166 Å². The molecule has 3 aromatic rings. The normalized spacial score (nSPS) is 11.1. The highest BCUT2D eigenvalue weighted by atomic mass is 16.5. The summed E-state index contributed by atoms with van der Waals surface area (Å²) in [6.45, 7) is 7.72. The lowest BCUT2D eigenvalue weighted by atomic mass is 10.1. The lowest BCUT2D eigenvalue weighted by Gasteiger charge is -2.16. The van der Waals surface area contributed by atoms with E-state index in [0.717, 1.165) is 34.4 Å². The van der Waals surface area contributed by atoms with E-state index in [1.165, 1.54) is 11.3 Å². The van der Waals surface area contributed by atoms with Crippen LogP contribution in [0.25, 0.3) is 10.9 Å². The van der Waals surface area contributed by atoms with Crippen molar-refractivity contribution in [2.24, 2.45) is 0 Å². The van der Waals surface area contributed by atoms with Crippen molar-refractivity contribution in [1.82, 2.24) is 4.57 Å². The zero-order chi connectivity index (χ0) is 20.4. The number of aromatic nitrogens is 1. The van der Waals surface area contributed by atoms with E-state index in [-0.39, 0.29) is 5.91 Å². The van der Waals surface area contributed by atoms with E-state index >= 15 is 0 Å². The Morgan fingerprint density at radius 1 is 1.11 bits per heavy atom. The molecule has 5 nitrogen and oxygen atoms in total. The van der Waals surface area contributed by atoms with Gasteiger partial charge in [-0.1, -0.05) is 0 Å². The zero-order valence-electron chi connectivity index (χ0n) is 17.6. The van der Waals surface area contributed by atoms with Crippen molar-refractivity contribution in [3.63, 3.8) is 0 Å². The van der Waals surface area contributed by atoms with Gasteiger partial charge >= 0.3 is 0 Å². The summed E-state index contributed by atoms with van der Waals surface area (Å²) in [5, 5.41) is 4.13. The fourth-order valence-electron chi connectivity index (χ4n) is 3.70. The molecule has 2 aromatic carbocycles. The second-order valence-electron chi connectivity index (χ2n) is 7.44. The number of fused-ring (bicyclic) bond motifs is 1. The van der Waals surface area contributed by atoms with Gasteiger partial charge in [-0.25, -0.2) is 0 Å². The smallest absolute Gasteiger partial charge is 0.255 e. The predicted octanol–water partition coefficient (Wildman–Crippen LogP) is 4.53. The van der Waals surface area contributed by atoms with Gasteiger partial charge in [-0.05, 0) is 68.3 Å². The monoisotopic (exact) mass is 379 g/mol. The third-order valence-corrected chi connectivity index (χ3v) is 5.36. The molecule has 0 atom stereocenters. The first-order chi connectivity index (χ1) is 13.3. The number of ether oxygens (including phenoxy) is 1. The first-order valence-electron chi connectivity index (χ1n) is 9.51. The third-order valence-electron chi connectivity index (χ3n) is 5.36. The molecule has 0 unspecified atom stereocenters. The molecule has 28 heavy (non-hydrogen) atoms. The molecule has 0 aliphatic carbocycles. The van der Waals surface area contributed by atoms with E-state index in [4.69, 9.17) is 4.74 Å². The number of carbonyl (C=O) groups is 1. The van der Waals surface area contributed by atoms with Crippen molar-refractivity contribution in [2.75, 3.05) is 38.0 Å². The molecule has 3 rings (SSSR count). The molecule has 148 valence electrons. The van der Waals surface area contributed by atoms with Gasteiger partial charge in [0.15, 0.2) is 0 Å². The Morgan fingerprint density at radius 2 is 1.86 bits per heavy atom. The Hall–Kier alpha value is -2.79. The minimum Gasteiger partial charge on any atom is -0.383 e. The molecule has 0 fully saturated rings. The van der Waals surface area contributed by atoms with Crippen LogP contribution >= 0.6 is 0 Å². The van der Waals surface area contributed by atoms with E-state index in [0.29, 0.717) is 12.2 Å². The number of amides is 1. The fourth-order valence-corrected chi connectivity index (χ4v) is 3.70. The third kappa shape index (κ3) is 3.76. The number of anilines is 2. The van der Waals surface area contributed by atoms with E-state index in [2.05, 4.69) is 28.6 Å². The van der Waals surface area contributed by atoms with Crippen molar-refractivity contribution in [2.45, 2.75) is 27.3 Å². The van der Waals surface area contributed by atoms with Crippen LogP contribution in [-0.2, 0) is 11.3 Å². The number of aryl methyl sites for hydroxylation is 2. The second-order valence-corrected chi connectivity index (χ2v) is 7.44. The van der Waals surface area contributed by atoms with Gasteiger partial charge in [-0.15, -0.1) is 0 Å². The first kappa shape index (κ1) is 20.0. The van der Waals surface area contributed by atoms with E-state index in [9.17, 15) is 4.79 Å². The number of hydrogen-bond donors (Lipinski definition) is 1. The van der Waals surface area contributed by atoms with Crippen molar-refractivity contribution in [3.8, 4) is 0 Å². The summed E-state index contributed by atoms with van der Waals surface area (Å²) in [6, 6.07) is 11.9. The summed E-state index contributed by atoms with van der Waals surface area (Å²) in [4.78, 5) is 14.9. The number of carbonyl (C=O) groups excluding carboxylic acids is 1. The van der Waals surface area contributed by atoms with Crippen molar-refractivity contribution >= 4 is 28.2 Å². The van der Waals surface area contributed by atoms with Crippen molar-refractivity contribution < 1.29 is 9.53 Å². The minimum atomic E-state index is -0.0967. The summed E-state index contributed by atoms with van der Waals surface area (Å²) < 4.78 is 7.48. The predicted molar refractivity (Wildman–Crippen MR) is 117 cm³/mol. The molecule has 1 heterocycles. The number of methoxy groups -OCH3 is 1. The summed E-state index contributed by atoms with van der Waals surface area (Å²) in [7, 11) is 5.74. The van der Waals surface area contributed by atoms with E-state index in [1.807, 2.05) is 57.4 Å². The maximum Gasteiger partial charge on any atom is 0.255 e. The minimum absolute atomic E-state index is 0.0967. The Kier molecular flexibility index (Phi) is 5.75. The lowest BCUT2D eigenvalue weighted by Crippen LogP contribution is -2.13. The average Bonchev–Trinajstić information content (AvgIpc) is 2.90. The largest absolute Gasteiger partial charge is 0.383 e. The van der Waals surface area contributed by atoms with Gasteiger partial charge in [-0.2, -0.15) is 0 Å². The topological polar surface area (TPSA) is 46.5 Å². The summed E-state index contributed by atoms with van der Waals surface area (Å²) in [5.74, 6) is -0.0967. The van der Waals surface area contributed by atoms with Crippen LogP contribution in [0.1, 0.15) is 27.2 Å². The van der Waals surface area contributed by atoms with Crippen molar-refractivity contribution in [1.29, 1.82) is 0 Å². The molecular formula is C23H29N3O2. The summed E-state index contributed by atoms with van der Waals surface area (Å²) in [5.41, 5.74) is 7.27. The molecule has 0 radical (unpaired) electrons. The van der Waals surface area contributed by atoms with Gasteiger partial charge in [-0.3, -0.25) is 4.79 Å². The van der Waals surface area contributed by atoms with Gasteiger partial charge in [0, 0.05) is 61.3 Å². The van der Waals surface area contributed by atoms with Crippen LogP contribution in [0.5, 0.6) is 0 Å². The number of nitrogens with one attached hydrogen (secondary N) is 1. The van der Waals surface area contributed by atoms with E-state index in [1.54, 1.807) is 7.11 Å². The highest BCUT2D eigenvalue weighted by molar-refractivity contribution is 6.06. The van der Waals surface area contributed by atoms with Gasteiger partial charge in [0.05, 0.1) is 6.61 Å². The van der Waals surface area contributed by atoms with Crippen LogP contribution in [0.2, 0.25) is 0 Å². The average molecular weight is 380 g/mol. The van der Waals surface area contributed by atoms with Gasteiger partial charge in [0.25, 0.3) is 5.91 Å². The van der Waals surface area contributed by atoms with Crippen LogP contribution in [-0.4, -0.2) is 38.3 Å². The SMILES string of the molecule is COCCn1c(C)c(C)c2cc(C(=O)Nc3ccc(N(C)C)c(C)c3)ccc21. The zero-order valence-corrected chi connectivity index (χ0v) is 17.6. The molecule has 1 amide bonds. The van der Waals surface area contributed by atoms with Gasteiger partial charge in [0.2, 0.25) is 0 Å². The summed E-state index contributed by atoms with van der Waals surface area (Å²) >= 11 is 0. The molecule has 1 N–H and O–H groups in total. The molecule has 0 aliphatic rings. The number of nitrogens with zero attached hydrogens (tertiary/aromatic N) is 2. The van der Waals surface area contributed by atoms with E-state index < -0.39 is 0 Å². The maximum absolute atomic E-state index is 12.8. The Bertz CT molecular complexity index is 1020. The molecule has 0 saturated carbocycles. The highest BCUT2D eigenvalue weighted by Crippen LogP contribution is 2.27. The molecular weight excluding hydrogens is 350 g/mol. The molecule has 0 spiro atoms. The number of hydrogen-bond acceptors (Lipinski definition) is 3. The van der Waals surface area contributed by atoms with Gasteiger partial charge in [0.1, 0.15) is 0 Å². The summed E-state index contributed by atoms with van der Waals surface area (Å²) in [6.07, 6.45) is 0. The van der Waals surface area contributed by atoms with Crippen LogP contribution in [0.3, 0.4) is 0 Å². The number of benzene rings is 2. The Balaban J connectivity index is 1.88. The first-order valence-corrected chi connectivity index (χ1v) is 9.51. The molecule has 1 aromatic heterocycles. The molecule has 0 aliphatic heterocycles. The lowest BCUT2D eigenvalue weighted by molar-refractivity contribution is 0.102. The molecule has 0 saturated heterocycles. The fraction of sp³-hybridized carbons (Fsp3) is 0.348. The quantitative estimate of drug-likeness (QED) is 0.684. The Morgan fingerprint density at radius 3 is 2.50 bits per heavy atom. The molecule has 5 heteroatoms. The van der Waals surface area contributed by atoms with Crippen LogP contribution in [0, 0.1) is 20.8 Å². The highest BCUT2D eigenvalue weighted by Gasteiger charge is 2.14. The maximum atomic E-state index is 12.8. The second kappa shape index (κ2) is 8.07.